The lowest BCUT2D eigenvalue weighted by atomic mass is 10.2. The highest BCUT2D eigenvalue weighted by Crippen LogP contribution is 2.39. The van der Waals surface area contributed by atoms with Crippen molar-refractivity contribution in [3.05, 3.63) is 50.9 Å². The molecule has 162 valence electrons. The molecule has 0 bridgehead atoms. The van der Waals surface area contributed by atoms with Gasteiger partial charge in [-0.3, -0.25) is 9.59 Å². The highest BCUT2D eigenvalue weighted by atomic mass is 79.9. The van der Waals surface area contributed by atoms with E-state index in [-0.39, 0.29) is 29.2 Å². The van der Waals surface area contributed by atoms with Crippen molar-refractivity contribution in [2.24, 2.45) is 0 Å². The van der Waals surface area contributed by atoms with Gasteiger partial charge in [0.15, 0.2) is 5.75 Å². The molecule has 2 aromatic carbocycles. The van der Waals surface area contributed by atoms with Crippen molar-refractivity contribution in [1.29, 1.82) is 0 Å². The van der Waals surface area contributed by atoms with Gasteiger partial charge in [-0.05, 0) is 75.9 Å². The molecule has 0 N–H and O–H groups in total. The summed E-state index contributed by atoms with van der Waals surface area (Å²) in [7, 11) is -4.14. The zero-order chi connectivity index (χ0) is 22.5. The van der Waals surface area contributed by atoms with Crippen LogP contribution in [0.4, 0.5) is 5.69 Å². The fraction of sp³-hybridized carbons (Fsp3) is 0.333. The van der Waals surface area contributed by atoms with Gasteiger partial charge < -0.3 is 4.74 Å². The van der Waals surface area contributed by atoms with E-state index in [4.69, 9.17) is 4.74 Å². The summed E-state index contributed by atoms with van der Waals surface area (Å²) >= 11 is 6.65. The van der Waals surface area contributed by atoms with E-state index < -0.39 is 21.9 Å². The maximum Gasteiger partial charge on any atom is 0.311 e. The highest BCUT2D eigenvalue weighted by Gasteiger charge is 2.31. The number of aryl methyl sites for hydroxylation is 1. The maximum atomic E-state index is 13.3. The van der Waals surface area contributed by atoms with E-state index in [1.807, 2.05) is 13.8 Å². The molecule has 0 aromatic heterocycles. The molecule has 0 aliphatic heterocycles. The zero-order valence-corrected chi connectivity index (χ0v) is 20.9. The largest absolute Gasteiger partial charge is 0.424 e. The van der Waals surface area contributed by atoms with Crippen molar-refractivity contribution < 1.29 is 22.7 Å². The summed E-state index contributed by atoms with van der Waals surface area (Å²) in [6, 6.07) is 9.22. The molecule has 30 heavy (non-hydrogen) atoms. The Bertz CT molecular complexity index is 1010. The van der Waals surface area contributed by atoms with Crippen molar-refractivity contribution in [2.45, 2.75) is 51.3 Å². The van der Waals surface area contributed by atoms with Crippen LogP contribution < -0.4 is 9.04 Å². The van der Waals surface area contributed by atoms with E-state index in [9.17, 15) is 18.0 Å². The van der Waals surface area contributed by atoms with Gasteiger partial charge in [0, 0.05) is 12.8 Å². The summed E-state index contributed by atoms with van der Waals surface area (Å²) in [5.74, 6) is -0.724. The second kappa shape index (κ2) is 10.5. The molecule has 1 amide bonds. The van der Waals surface area contributed by atoms with Gasteiger partial charge in [0.25, 0.3) is 10.0 Å². The lowest BCUT2D eigenvalue weighted by Gasteiger charge is -2.24. The van der Waals surface area contributed by atoms with Crippen molar-refractivity contribution in [1.82, 2.24) is 0 Å². The molecule has 0 heterocycles. The second-order valence-electron chi connectivity index (χ2n) is 6.69. The first-order valence-corrected chi connectivity index (χ1v) is 12.5. The first kappa shape index (κ1) is 24.6. The molecule has 0 fully saturated rings. The van der Waals surface area contributed by atoms with Crippen LogP contribution >= 0.6 is 31.9 Å². The number of ether oxygens (including phenoxy) is 1. The van der Waals surface area contributed by atoms with E-state index in [0.29, 0.717) is 21.8 Å². The van der Waals surface area contributed by atoms with Crippen LogP contribution in [0.5, 0.6) is 5.75 Å². The Labute approximate surface area is 193 Å². The zero-order valence-electron chi connectivity index (χ0n) is 16.9. The highest BCUT2D eigenvalue weighted by molar-refractivity contribution is 9.11. The molecule has 0 spiro atoms. The van der Waals surface area contributed by atoms with Crippen molar-refractivity contribution >= 4 is 59.4 Å². The van der Waals surface area contributed by atoms with Gasteiger partial charge >= 0.3 is 5.97 Å². The number of amides is 1. The van der Waals surface area contributed by atoms with Crippen LogP contribution in [0, 0.1) is 6.92 Å². The second-order valence-corrected chi connectivity index (χ2v) is 10.2. The predicted molar refractivity (Wildman–Crippen MR) is 123 cm³/mol. The quantitative estimate of drug-likeness (QED) is 0.303. The first-order valence-electron chi connectivity index (χ1n) is 9.46. The van der Waals surface area contributed by atoms with Gasteiger partial charge in [0.1, 0.15) is 0 Å². The topological polar surface area (TPSA) is 80.8 Å². The molecule has 2 aromatic rings. The summed E-state index contributed by atoms with van der Waals surface area (Å²) in [5, 5.41) is 0. The number of hydrogen-bond donors (Lipinski definition) is 0. The molecule has 0 aliphatic rings. The number of hydrogen-bond acceptors (Lipinski definition) is 5. The molecule has 0 aliphatic carbocycles. The summed E-state index contributed by atoms with van der Waals surface area (Å²) < 4.78 is 33.5. The molecular weight excluding hydrogens is 538 g/mol. The Kier molecular flexibility index (Phi) is 8.63. The molecule has 0 atom stereocenters. The van der Waals surface area contributed by atoms with E-state index in [1.165, 1.54) is 24.3 Å². The molecule has 9 heteroatoms. The lowest BCUT2D eigenvalue weighted by Crippen LogP contribution is -2.37. The summed E-state index contributed by atoms with van der Waals surface area (Å²) in [4.78, 5) is 24.7. The van der Waals surface area contributed by atoms with E-state index in [2.05, 4.69) is 31.9 Å². The van der Waals surface area contributed by atoms with Gasteiger partial charge in [0.05, 0.1) is 19.5 Å². The average molecular weight is 561 g/mol. The van der Waals surface area contributed by atoms with Crippen LogP contribution in [0.15, 0.2) is 50.2 Å². The van der Waals surface area contributed by atoms with Gasteiger partial charge in [0.2, 0.25) is 5.91 Å². The fourth-order valence-corrected chi connectivity index (χ4v) is 5.44. The minimum absolute atomic E-state index is 0.0169. The Balaban J connectivity index is 2.56. The number of esters is 1. The average Bonchev–Trinajstić information content (AvgIpc) is 2.65. The Morgan fingerprint density at radius 3 is 2.00 bits per heavy atom. The summed E-state index contributed by atoms with van der Waals surface area (Å²) in [5.41, 5.74) is 1.05. The van der Waals surface area contributed by atoms with Crippen LogP contribution in [0.3, 0.4) is 0 Å². The molecule has 6 nitrogen and oxygen atoms in total. The van der Waals surface area contributed by atoms with Crippen molar-refractivity contribution in [3.63, 3.8) is 0 Å². The molecular formula is C21H23Br2NO5S. The maximum absolute atomic E-state index is 13.3. The van der Waals surface area contributed by atoms with E-state index in [1.54, 1.807) is 19.1 Å². The SMILES string of the molecule is CCCC(=O)Oc1c(Br)cc(N(C(=O)CCC)S(=O)(=O)c2ccc(C)cc2)cc1Br. The minimum atomic E-state index is -4.14. The fourth-order valence-electron chi connectivity index (χ4n) is 2.68. The number of carbonyl (C=O) groups is 2. The van der Waals surface area contributed by atoms with Crippen LogP contribution in [-0.4, -0.2) is 20.3 Å². The number of rotatable bonds is 8. The van der Waals surface area contributed by atoms with Crippen LogP contribution in [-0.2, 0) is 19.6 Å². The van der Waals surface area contributed by atoms with Gasteiger partial charge in [-0.1, -0.05) is 31.5 Å². The molecule has 0 saturated carbocycles. The predicted octanol–water partition coefficient (Wildman–Crippen LogP) is 5.75. The van der Waals surface area contributed by atoms with Gasteiger partial charge in [-0.2, -0.15) is 0 Å². The monoisotopic (exact) mass is 559 g/mol. The number of halogens is 2. The number of sulfonamides is 1. The first-order chi connectivity index (χ1) is 14.1. The minimum Gasteiger partial charge on any atom is -0.424 e. The number of benzene rings is 2. The van der Waals surface area contributed by atoms with E-state index in [0.717, 1.165) is 9.87 Å². The van der Waals surface area contributed by atoms with Crippen molar-refractivity contribution in [2.75, 3.05) is 4.31 Å². The Morgan fingerprint density at radius 1 is 0.967 bits per heavy atom. The number of nitrogens with zero attached hydrogens (tertiary/aromatic N) is 1. The molecule has 2 rings (SSSR count). The normalized spacial score (nSPS) is 11.2. The number of carbonyl (C=O) groups excluding carboxylic acids is 2. The third-order valence-electron chi connectivity index (χ3n) is 4.14. The third-order valence-corrected chi connectivity index (χ3v) is 7.08. The summed E-state index contributed by atoms with van der Waals surface area (Å²) in [6.45, 7) is 5.52. The molecule has 0 unspecified atom stereocenters. The standard InChI is InChI=1S/C21H23Br2NO5S/c1-4-6-19(25)24(30(27,28)16-10-8-14(3)9-11-16)15-12-17(22)21(18(23)13-15)29-20(26)7-5-2/h8-13H,4-7H2,1-3H3. The van der Waals surface area contributed by atoms with Gasteiger partial charge in [-0.25, -0.2) is 12.7 Å². The van der Waals surface area contributed by atoms with Crippen LogP contribution in [0.25, 0.3) is 0 Å². The van der Waals surface area contributed by atoms with Crippen molar-refractivity contribution in [3.8, 4) is 5.75 Å². The van der Waals surface area contributed by atoms with Crippen LogP contribution in [0.2, 0.25) is 0 Å². The molecule has 0 saturated heterocycles. The van der Waals surface area contributed by atoms with E-state index >= 15 is 0 Å². The Hall–Kier alpha value is -1.71. The Morgan fingerprint density at radius 2 is 1.50 bits per heavy atom. The van der Waals surface area contributed by atoms with Crippen LogP contribution in [0.1, 0.15) is 45.1 Å². The lowest BCUT2D eigenvalue weighted by molar-refractivity contribution is -0.134. The smallest absolute Gasteiger partial charge is 0.311 e. The third kappa shape index (κ3) is 5.70. The summed E-state index contributed by atoms with van der Waals surface area (Å²) in [6.07, 6.45) is 1.45. The van der Waals surface area contributed by atoms with Gasteiger partial charge in [-0.15, -0.1) is 0 Å². The number of anilines is 1. The molecule has 0 radical (unpaired) electrons.